The summed E-state index contributed by atoms with van der Waals surface area (Å²) in [6, 6.07) is 66.9. The zero-order valence-corrected chi connectivity index (χ0v) is 31.7. The molecule has 0 bridgehead atoms. The minimum atomic E-state index is 0.536. The predicted octanol–water partition coefficient (Wildman–Crippen LogP) is 13.1. The Bertz CT molecular complexity index is 3590. The maximum atomic E-state index is 5.39. The molecule has 274 valence electrons. The highest BCUT2D eigenvalue weighted by atomic mass is 15.3. The highest BCUT2D eigenvalue weighted by molar-refractivity contribution is 6.26. The molecular formula is C53H32N6. The first-order valence-corrected chi connectivity index (χ1v) is 20.0. The summed E-state index contributed by atoms with van der Waals surface area (Å²) in [7, 11) is 0. The highest BCUT2D eigenvalue weighted by Gasteiger charge is 2.22. The third-order valence-electron chi connectivity index (χ3n) is 12.1. The van der Waals surface area contributed by atoms with E-state index in [1.165, 1.54) is 32.3 Å². The lowest BCUT2D eigenvalue weighted by molar-refractivity contribution is 0.840. The van der Waals surface area contributed by atoms with Crippen LogP contribution in [0.25, 0.3) is 116 Å². The summed E-state index contributed by atoms with van der Waals surface area (Å²) in [5, 5.41) is 13.2. The van der Waals surface area contributed by atoms with Crippen molar-refractivity contribution in [2.24, 2.45) is 0 Å². The van der Waals surface area contributed by atoms with E-state index < -0.39 is 0 Å². The van der Waals surface area contributed by atoms with E-state index in [-0.39, 0.29) is 0 Å². The molecule has 59 heavy (non-hydrogen) atoms. The molecule has 0 radical (unpaired) electrons. The van der Waals surface area contributed by atoms with Gasteiger partial charge >= 0.3 is 0 Å². The van der Waals surface area contributed by atoms with Crippen molar-refractivity contribution in [1.82, 2.24) is 28.7 Å². The molecule has 0 saturated heterocycles. The highest BCUT2D eigenvalue weighted by Crippen LogP contribution is 2.40. The number of benzene rings is 9. The predicted molar refractivity (Wildman–Crippen MR) is 243 cm³/mol. The first-order chi connectivity index (χ1) is 29.3. The van der Waals surface area contributed by atoms with Gasteiger partial charge in [0, 0.05) is 38.7 Å². The van der Waals surface area contributed by atoms with Crippen LogP contribution in [0.2, 0.25) is 0 Å². The molecule has 0 atom stereocenters. The van der Waals surface area contributed by atoms with E-state index >= 15 is 0 Å². The van der Waals surface area contributed by atoms with Crippen LogP contribution in [0.1, 0.15) is 0 Å². The molecule has 0 aliphatic heterocycles. The Kier molecular flexibility index (Phi) is 6.63. The average molecular weight is 753 g/mol. The van der Waals surface area contributed by atoms with Crippen molar-refractivity contribution in [3.8, 4) is 29.0 Å². The van der Waals surface area contributed by atoms with Gasteiger partial charge in [0.15, 0.2) is 0 Å². The van der Waals surface area contributed by atoms with Gasteiger partial charge in [0.2, 0.25) is 17.8 Å². The Morgan fingerprint density at radius 2 is 0.610 bits per heavy atom. The van der Waals surface area contributed by atoms with E-state index in [0.29, 0.717) is 17.8 Å². The minimum Gasteiger partial charge on any atom is -0.285 e. The van der Waals surface area contributed by atoms with Gasteiger partial charge in [0.25, 0.3) is 0 Å². The fourth-order valence-electron chi connectivity index (χ4n) is 9.58. The Labute approximate surface area is 337 Å². The second kappa shape index (κ2) is 12.2. The number of hydrogen-bond acceptors (Lipinski definition) is 3. The normalized spacial score (nSPS) is 12.1. The zero-order valence-electron chi connectivity index (χ0n) is 31.7. The SMILES string of the molecule is c1ccc2c(c1)c(-c1ccc3c4ccccc4c4ccccc4c3c1)cn2-c1nc(-n2c3ccccc3c3ccccc32)nc(-n2c3ccccc3c3ccccc32)n1. The van der Waals surface area contributed by atoms with Gasteiger partial charge in [0.1, 0.15) is 0 Å². The van der Waals surface area contributed by atoms with Gasteiger partial charge in [-0.1, -0.05) is 152 Å². The zero-order chi connectivity index (χ0) is 38.6. The van der Waals surface area contributed by atoms with Gasteiger partial charge in [-0.15, -0.1) is 0 Å². The molecule has 0 N–H and O–H groups in total. The Morgan fingerprint density at radius 1 is 0.271 bits per heavy atom. The van der Waals surface area contributed by atoms with Crippen LogP contribution in [0.5, 0.6) is 0 Å². The van der Waals surface area contributed by atoms with E-state index in [4.69, 9.17) is 15.0 Å². The van der Waals surface area contributed by atoms with Crippen molar-refractivity contribution in [2.45, 2.75) is 0 Å². The molecule has 4 aromatic heterocycles. The third-order valence-corrected chi connectivity index (χ3v) is 12.1. The maximum absolute atomic E-state index is 5.39. The summed E-state index contributed by atoms with van der Waals surface area (Å²) in [4.78, 5) is 16.1. The Hall–Kier alpha value is -8.09. The van der Waals surface area contributed by atoms with Crippen molar-refractivity contribution in [1.29, 1.82) is 0 Å². The third kappa shape index (κ3) is 4.59. The van der Waals surface area contributed by atoms with E-state index in [2.05, 4.69) is 208 Å². The van der Waals surface area contributed by atoms with E-state index in [9.17, 15) is 0 Å². The molecule has 13 rings (SSSR count). The number of hydrogen-bond donors (Lipinski definition) is 0. The van der Waals surface area contributed by atoms with E-state index in [1.54, 1.807) is 0 Å². The summed E-state index contributed by atoms with van der Waals surface area (Å²) < 4.78 is 6.50. The summed E-state index contributed by atoms with van der Waals surface area (Å²) in [5.74, 6) is 1.63. The van der Waals surface area contributed by atoms with Crippen LogP contribution in [0.3, 0.4) is 0 Å². The number of para-hydroxylation sites is 5. The Balaban J connectivity index is 1.11. The topological polar surface area (TPSA) is 53.5 Å². The van der Waals surface area contributed by atoms with Crippen LogP contribution in [0, 0.1) is 0 Å². The van der Waals surface area contributed by atoms with Gasteiger partial charge in [-0.25, -0.2) is 0 Å². The lowest BCUT2D eigenvalue weighted by Gasteiger charge is -2.13. The molecule has 0 aliphatic rings. The molecule has 0 unspecified atom stereocenters. The van der Waals surface area contributed by atoms with Crippen molar-refractivity contribution in [2.75, 3.05) is 0 Å². The second-order valence-electron chi connectivity index (χ2n) is 15.3. The van der Waals surface area contributed by atoms with Gasteiger partial charge in [-0.3, -0.25) is 13.7 Å². The fourth-order valence-corrected chi connectivity index (χ4v) is 9.58. The van der Waals surface area contributed by atoms with Crippen molar-refractivity contribution in [3.05, 3.63) is 194 Å². The molecule has 0 amide bonds. The van der Waals surface area contributed by atoms with Gasteiger partial charge < -0.3 is 0 Å². The second-order valence-corrected chi connectivity index (χ2v) is 15.3. The number of rotatable bonds is 4. The monoisotopic (exact) mass is 752 g/mol. The molecular weight excluding hydrogens is 721 g/mol. The smallest absolute Gasteiger partial charge is 0.241 e. The lowest BCUT2D eigenvalue weighted by atomic mass is 9.92. The van der Waals surface area contributed by atoms with Gasteiger partial charge in [-0.05, 0) is 74.3 Å². The fraction of sp³-hybridized carbons (Fsp3) is 0. The first-order valence-electron chi connectivity index (χ1n) is 20.0. The maximum Gasteiger partial charge on any atom is 0.241 e. The summed E-state index contributed by atoms with van der Waals surface area (Å²) in [6.45, 7) is 0. The minimum absolute atomic E-state index is 0.536. The van der Waals surface area contributed by atoms with Gasteiger partial charge in [-0.2, -0.15) is 15.0 Å². The summed E-state index contributed by atoms with van der Waals surface area (Å²) in [6.07, 6.45) is 2.20. The molecule has 13 aromatic rings. The van der Waals surface area contributed by atoms with Crippen LogP contribution in [-0.4, -0.2) is 28.7 Å². The molecule has 6 heteroatoms. The molecule has 4 heterocycles. The van der Waals surface area contributed by atoms with Crippen molar-refractivity contribution in [3.63, 3.8) is 0 Å². The molecule has 0 fully saturated rings. The summed E-state index contributed by atoms with van der Waals surface area (Å²) in [5.41, 5.74) is 7.39. The molecule has 9 aromatic carbocycles. The lowest BCUT2D eigenvalue weighted by Crippen LogP contribution is -2.13. The first kappa shape index (κ1) is 32.0. The van der Waals surface area contributed by atoms with Crippen molar-refractivity contribution >= 4 is 86.8 Å². The standard InChI is InChI=1S/C53H32N6/c1-2-17-36-34(15-1)35-16-3-4-18-37(35)44-31-33(29-30-38(36)44)45-32-57(46-24-10-5-23-43(45)46)51-54-52(58-47-25-11-6-19-39(47)40-20-7-12-26-48(40)58)56-53(55-51)59-49-27-13-8-21-41(49)42-22-9-14-28-50(42)59/h1-32H. The Morgan fingerprint density at radius 3 is 1.07 bits per heavy atom. The molecule has 0 aliphatic carbocycles. The van der Waals surface area contributed by atoms with Crippen molar-refractivity contribution < 1.29 is 0 Å². The molecule has 0 saturated carbocycles. The molecule has 0 spiro atoms. The van der Waals surface area contributed by atoms with Crippen LogP contribution >= 0.6 is 0 Å². The van der Waals surface area contributed by atoms with Crippen LogP contribution < -0.4 is 0 Å². The van der Waals surface area contributed by atoms with Gasteiger partial charge in [0.05, 0.1) is 27.6 Å². The molecule has 6 nitrogen and oxygen atoms in total. The number of aromatic nitrogens is 6. The van der Waals surface area contributed by atoms with Crippen LogP contribution in [-0.2, 0) is 0 Å². The van der Waals surface area contributed by atoms with Crippen LogP contribution in [0.4, 0.5) is 0 Å². The van der Waals surface area contributed by atoms with E-state index in [1.807, 2.05) is 0 Å². The quantitative estimate of drug-likeness (QED) is 0.168. The number of fused-ring (bicyclic) bond motifs is 13. The number of nitrogens with zero attached hydrogens (tertiary/aromatic N) is 6. The van der Waals surface area contributed by atoms with E-state index in [0.717, 1.165) is 65.6 Å². The summed E-state index contributed by atoms with van der Waals surface area (Å²) >= 11 is 0. The largest absolute Gasteiger partial charge is 0.285 e. The average Bonchev–Trinajstić information content (AvgIpc) is 3.97. The van der Waals surface area contributed by atoms with Crippen LogP contribution in [0.15, 0.2) is 194 Å².